The second kappa shape index (κ2) is 7.11. The van der Waals surface area contributed by atoms with E-state index in [4.69, 9.17) is 9.25 Å². The average Bonchev–Trinajstić information content (AvgIpc) is 3.27. The third-order valence-corrected chi connectivity index (χ3v) is 4.38. The maximum absolute atomic E-state index is 12.2. The van der Waals surface area contributed by atoms with Crippen molar-refractivity contribution in [2.75, 3.05) is 0 Å². The number of oxazole rings is 1. The number of imide groups is 1. The Labute approximate surface area is 160 Å². The lowest BCUT2D eigenvalue weighted by Crippen LogP contribution is -2.32. The summed E-state index contributed by atoms with van der Waals surface area (Å²) in [6.45, 7) is 2.00. The number of carbonyl (C=O) groups excluding carboxylic acids is 3. The van der Waals surface area contributed by atoms with Gasteiger partial charge in [-0.05, 0) is 19.1 Å². The van der Waals surface area contributed by atoms with Crippen LogP contribution in [0.1, 0.15) is 38.6 Å². The largest absolute Gasteiger partial charge is 0.441 e. The van der Waals surface area contributed by atoms with Crippen LogP contribution in [0.2, 0.25) is 0 Å². The Morgan fingerprint density at radius 2 is 1.68 bits per heavy atom. The van der Waals surface area contributed by atoms with Crippen LogP contribution in [0.3, 0.4) is 0 Å². The number of aromatic nitrogens is 1. The number of hydrogen-bond acceptors (Lipinski definition) is 6. The number of fused-ring (bicyclic) bond motifs is 1. The summed E-state index contributed by atoms with van der Waals surface area (Å²) >= 11 is 0. The van der Waals surface area contributed by atoms with Crippen LogP contribution in [0.25, 0.3) is 11.3 Å². The van der Waals surface area contributed by atoms with Gasteiger partial charge in [0.05, 0.1) is 23.7 Å². The van der Waals surface area contributed by atoms with Crippen LogP contribution in [-0.2, 0) is 16.1 Å². The molecule has 28 heavy (non-hydrogen) atoms. The van der Waals surface area contributed by atoms with E-state index in [1.807, 2.05) is 31.2 Å². The second-order valence-electron chi connectivity index (χ2n) is 6.40. The molecular formula is C21H16N2O5. The minimum atomic E-state index is -0.718. The number of carbonyl (C=O) groups is 3. The first-order valence-electron chi connectivity index (χ1n) is 8.73. The zero-order valence-corrected chi connectivity index (χ0v) is 15.0. The van der Waals surface area contributed by atoms with Gasteiger partial charge in [-0.25, -0.2) is 9.78 Å². The van der Waals surface area contributed by atoms with Crippen LogP contribution in [0.4, 0.5) is 0 Å². The van der Waals surface area contributed by atoms with Gasteiger partial charge < -0.3 is 9.25 Å². The van der Waals surface area contributed by atoms with E-state index in [0.717, 1.165) is 11.1 Å². The SMILES string of the molecule is Cc1ccc(-c2cnc(CCC(=O)ON3C(=O)c4ccccc4C3=O)o2)cc1. The highest BCUT2D eigenvalue weighted by Crippen LogP contribution is 2.24. The first kappa shape index (κ1) is 17.7. The normalized spacial score (nSPS) is 13.0. The number of rotatable bonds is 5. The third-order valence-electron chi connectivity index (χ3n) is 4.38. The monoisotopic (exact) mass is 376 g/mol. The maximum atomic E-state index is 12.2. The lowest BCUT2D eigenvalue weighted by atomic mass is 10.1. The highest BCUT2D eigenvalue weighted by Gasteiger charge is 2.38. The fraction of sp³-hybridized carbons (Fsp3) is 0.143. The van der Waals surface area contributed by atoms with Crippen molar-refractivity contribution >= 4 is 17.8 Å². The van der Waals surface area contributed by atoms with Crippen molar-refractivity contribution in [3.05, 3.63) is 77.3 Å². The van der Waals surface area contributed by atoms with E-state index in [-0.39, 0.29) is 24.0 Å². The third kappa shape index (κ3) is 3.29. The Kier molecular flexibility index (Phi) is 4.49. The summed E-state index contributed by atoms with van der Waals surface area (Å²) in [6, 6.07) is 14.1. The first-order valence-corrected chi connectivity index (χ1v) is 8.73. The number of aryl methyl sites for hydroxylation is 2. The quantitative estimate of drug-likeness (QED) is 0.635. The predicted octanol–water partition coefficient (Wildman–Crippen LogP) is 3.34. The molecule has 0 fully saturated rings. The number of benzene rings is 2. The molecule has 7 nitrogen and oxygen atoms in total. The summed E-state index contributed by atoms with van der Waals surface area (Å²) in [5.74, 6) is -1.04. The van der Waals surface area contributed by atoms with Crippen LogP contribution in [0.15, 0.2) is 59.1 Å². The van der Waals surface area contributed by atoms with E-state index >= 15 is 0 Å². The number of amides is 2. The van der Waals surface area contributed by atoms with Gasteiger partial charge >= 0.3 is 5.97 Å². The highest BCUT2D eigenvalue weighted by atomic mass is 16.7. The number of hydroxylamine groups is 2. The van der Waals surface area contributed by atoms with E-state index in [9.17, 15) is 14.4 Å². The summed E-state index contributed by atoms with van der Waals surface area (Å²) in [7, 11) is 0. The molecule has 1 aliphatic heterocycles. The van der Waals surface area contributed by atoms with E-state index < -0.39 is 17.8 Å². The summed E-state index contributed by atoms with van der Waals surface area (Å²) in [5.41, 5.74) is 2.46. The van der Waals surface area contributed by atoms with Gasteiger partial charge in [-0.3, -0.25) is 9.59 Å². The molecule has 2 heterocycles. The smallest absolute Gasteiger partial charge is 0.333 e. The van der Waals surface area contributed by atoms with Crippen LogP contribution in [0, 0.1) is 6.92 Å². The van der Waals surface area contributed by atoms with Crippen molar-refractivity contribution in [2.24, 2.45) is 0 Å². The minimum absolute atomic E-state index is 0.0821. The zero-order valence-electron chi connectivity index (χ0n) is 15.0. The minimum Gasteiger partial charge on any atom is -0.441 e. The van der Waals surface area contributed by atoms with E-state index in [0.29, 0.717) is 16.7 Å². The van der Waals surface area contributed by atoms with Crippen molar-refractivity contribution in [3.8, 4) is 11.3 Å². The standard InChI is InChI=1S/C21H16N2O5/c1-13-6-8-14(9-7-13)17-12-22-18(27-17)10-11-19(24)28-23-20(25)15-4-2-3-5-16(15)21(23)26/h2-9,12H,10-11H2,1H3. The Balaban J connectivity index is 1.36. The Bertz CT molecular complexity index is 1030. The van der Waals surface area contributed by atoms with Crippen LogP contribution < -0.4 is 0 Å². The molecule has 7 heteroatoms. The van der Waals surface area contributed by atoms with Gasteiger partial charge in [-0.15, -0.1) is 0 Å². The van der Waals surface area contributed by atoms with Crippen molar-refractivity contribution in [1.29, 1.82) is 0 Å². The second-order valence-corrected chi connectivity index (χ2v) is 6.40. The van der Waals surface area contributed by atoms with Gasteiger partial charge in [0.1, 0.15) is 0 Å². The van der Waals surface area contributed by atoms with Crippen molar-refractivity contribution in [1.82, 2.24) is 10.0 Å². The molecule has 3 aromatic rings. The fourth-order valence-electron chi connectivity index (χ4n) is 2.88. The molecule has 0 atom stereocenters. The van der Waals surface area contributed by atoms with Crippen molar-refractivity contribution < 1.29 is 23.6 Å². The fourth-order valence-corrected chi connectivity index (χ4v) is 2.88. The summed E-state index contributed by atoms with van der Waals surface area (Å²) in [6.07, 6.45) is 1.70. The summed E-state index contributed by atoms with van der Waals surface area (Å²) in [5, 5.41) is 0.500. The van der Waals surface area contributed by atoms with Gasteiger partial charge in [-0.1, -0.05) is 47.0 Å². The van der Waals surface area contributed by atoms with Crippen LogP contribution >= 0.6 is 0 Å². The lowest BCUT2D eigenvalue weighted by Gasteiger charge is -2.12. The molecule has 2 amide bonds. The topological polar surface area (TPSA) is 89.7 Å². The molecule has 0 N–H and O–H groups in total. The van der Waals surface area contributed by atoms with Gasteiger partial charge in [0.25, 0.3) is 11.8 Å². The first-order chi connectivity index (χ1) is 13.5. The summed E-state index contributed by atoms with van der Waals surface area (Å²) in [4.78, 5) is 45.6. The molecular weight excluding hydrogens is 360 g/mol. The van der Waals surface area contributed by atoms with Gasteiger partial charge in [0.15, 0.2) is 11.7 Å². The number of hydrogen-bond donors (Lipinski definition) is 0. The molecule has 1 aliphatic rings. The Hall–Kier alpha value is -3.74. The molecule has 4 rings (SSSR count). The van der Waals surface area contributed by atoms with Gasteiger partial charge in [-0.2, -0.15) is 0 Å². The molecule has 2 aromatic carbocycles. The average molecular weight is 376 g/mol. The van der Waals surface area contributed by atoms with Crippen molar-refractivity contribution in [2.45, 2.75) is 19.8 Å². The highest BCUT2D eigenvalue weighted by molar-refractivity contribution is 6.20. The molecule has 0 saturated carbocycles. The molecule has 140 valence electrons. The van der Waals surface area contributed by atoms with Crippen LogP contribution in [-0.4, -0.2) is 27.8 Å². The van der Waals surface area contributed by atoms with E-state index in [1.54, 1.807) is 18.3 Å². The molecule has 0 radical (unpaired) electrons. The zero-order chi connectivity index (χ0) is 19.7. The van der Waals surface area contributed by atoms with Crippen LogP contribution in [0.5, 0.6) is 0 Å². The molecule has 1 aromatic heterocycles. The number of nitrogens with zero attached hydrogens (tertiary/aromatic N) is 2. The molecule has 0 spiro atoms. The lowest BCUT2D eigenvalue weighted by molar-refractivity contribution is -0.168. The maximum Gasteiger partial charge on any atom is 0.333 e. The molecule has 0 bridgehead atoms. The molecule has 0 saturated heterocycles. The van der Waals surface area contributed by atoms with E-state index in [1.165, 1.54) is 12.1 Å². The summed E-state index contributed by atoms with van der Waals surface area (Å²) < 4.78 is 5.66. The molecule has 0 unspecified atom stereocenters. The van der Waals surface area contributed by atoms with Gasteiger partial charge in [0, 0.05) is 12.0 Å². The Morgan fingerprint density at radius 1 is 1.04 bits per heavy atom. The van der Waals surface area contributed by atoms with Gasteiger partial charge in [0.2, 0.25) is 0 Å². The Morgan fingerprint density at radius 3 is 2.32 bits per heavy atom. The predicted molar refractivity (Wildman–Crippen MR) is 98.0 cm³/mol. The molecule has 0 aliphatic carbocycles. The van der Waals surface area contributed by atoms with Crippen molar-refractivity contribution in [3.63, 3.8) is 0 Å². The van der Waals surface area contributed by atoms with E-state index in [2.05, 4.69) is 4.98 Å².